The summed E-state index contributed by atoms with van der Waals surface area (Å²) in [6.45, 7) is 3.77. The van der Waals surface area contributed by atoms with E-state index in [9.17, 15) is 4.79 Å². The first-order chi connectivity index (χ1) is 13.5. The van der Waals surface area contributed by atoms with Gasteiger partial charge in [0.25, 0.3) is 5.91 Å². The number of anilines is 1. The van der Waals surface area contributed by atoms with Crippen molar-refractivity contribution in [3.8, 4) is 5.88 Å². The molecule has 0 radical (unpaired) electrons. The number of hydrogen-bond acceptors (Lipinski definition) is 5. The van der Waals surface area contributed by atoms with E-state index in [-0.39, 0.29) is 17.8 Å². The molecule has 7 nitrogen and oxygen atoms in total. The molecule has 0 saturated carbocycles. The van der Waals surface area contributed by atoms with E-state index in [0.29, 0.717) is 47.7 Å². The van der Waals surface area contributed by atoms with E-state index >= 15 is 0 Å². The summed E-state index contributed by atoms with van der Waals surface area (Å²) in [5.41, 5.74) is 3.66. The summed E-state index contributed by atoms with van der Waals surface area (Å²) >= 11 is 12.5. The molecule has 0 saturated heterocycles. The fourth-order valence-corrected chi connectivity index (χ4v) is 4.34. The zero-order valence-corrected chi connectivity index (χ0v) is 16.6. The van der Waals surface area contributed by atoms with Crippen LogP contribution < -0.4 is 10.1 Å². The first-order valence-corrected chi connectivity index (χ1v) is 9.83. The van der Waals surface area contributed by atoms with Gasteiger partial charge < -0.3 is 19.9 Å². The zero-order valence-electron chi connectivity index (χ0n) is 15.1. The van der Waals surface area contributed by atoms with E-state index in [1.54, 1.807) is 17.2 Å². The Kier molecular flexibility index (Phi) is 4.10. The van der Waals surface area contributed by atoms with Gasteiger partial charge in [-0.2, -0.15) is 4.98 Å². The molecule has 2 aromatic heterocycles. The number of H-pyrrole nitrogens is 1. The molecule has 28 heavy (non-hydrogen) atoms. The van der Waals surface area contributed by atoms with Crippen molar-refractivity contribution in [2.45, 2.75) is 19.4 Å². The summed E-state index contributed by atoms with van der Waals surface area (Å²) in [6, 6.07) is 3.57. The number of nitrogens with zero attached hydrogens (tertiary/aromatic N) is 3. The predicted molar refractivity (Wildman–Crippen MR) is 107 cm³/mol. The molecule has 2 aliphatic heterocycles. The van der Waals surface area contributed by atoms with Crippen LogP contribution in [0.5, 0.6) is 5.88 Å². The second-order valence-corrected chi connectivity index (χ2v) is 7.70. The van der Waals surface area contributed by atoms with Gasteiger partial charge in [0.1, 0.15) is 12.3 Å². The summed E-state index contributed by atoms with van der Waals surface area (Å²) in [6.07, 6.45) is 2.29. The van der Waals surface area contributed by atoms with Crippen LogP contribution in [0.1, 0.15) is 34.8 Å². The Morgan fingerprint density at radius 2 is 2.21 bits per heavy atom. The van der Waals surface area contributed by atoms with Crippen LogP contribution in [0.2, 0.25) is 10.0 Å². The highest BCUT2D eigenvalue weighted by atomic mass is 35.5. The standard InChI is InChI=1S/C19H17Cl2N5O2/c1-9-14-10-2-3-11(20)15(21)16(10)24-12(14)4-6-26(9)19(27)17-23-8-13-18(25-17)28-7-5-22-13/h2-3,8-9,22,24H,4-7H2,1H3/t9-/m1/s1. The second kappa shape index (κ2) is 6.53. The molecule has 0 aliphatic carbocycles. The Morgan fingerprint density at radius 1 is 1.36 bits per heavy atom. The van der Waals surface area contributed by atoms with Crippen LogP contribution in [0.3, 0.4) is 0 Å². The highest BCUT2D eigenvalue weighted by Gasteiger charge is 2.33. The molecule has 0 spiro atoms. The lowest BCUT2D eigenvalue weighted by atomic mass is 9.97. The van der Waals surface area contributed by atoms with Gasteiger partial charge in [0.2, 0.25) is 11.7 Å². The Bertz CT molecular complexity index is 1110. The second-order valence-electron chi connectivity index (χ2n) is 6.91. The largest absolute Gasteiger partial charge is 0.474 e. The number of amides is 1. The van der Waals surface area contributed by atoms with Gasteiger partial charge in [-0.15, -0.1) is 0 Å². The molecule has 5 rings (SSSR count). The molecule has 2 aliphatic rings. The fraction of sp³-hybridized carbons (Fsp3) is 0.316. The number of benzene rings is 1. The van der Waals surface area contributed by atoms with Gasteiger partial charge in [0, 0.05) is 36.2 Å². The highest BCUT2D eigenvalue weighted by Crippen LogP contribution is 2.40. The van der Waals surface area contributed by atoms with Crippen molar-refractivity contribution in [3.63, 3.8) is 0 Å². The van der Waals surface area contributed by atoms with Gasteiger partial charge in [-0.3, -0.25) is 4.79 Å². The van der Waals surface area contributed by atoms with E-state index in [2.05, 4.69) is 20.3 Å². The van der Waals surface area contributed by atoms with E-state index in [4.69, 9.17) is 27.9 Å². The molecule has 9 heteroatoms. The number of aromatic nitrogens is 3. The summed E-state index contributed by atoms with van der Waals surface area (Å²) in [5, 5.41) is 5.14. The Labute approximate surface area is 171 Å². The number of aromatic amines is 1. The number of rotatable bonds is 1. The lowest BCUT2D eigenvalue weighted by Gasteiger charge is -2.33. The van der Waals surface area contributed by atoms with E-state index in [1.165, 1.54) is 0 Å². The topological polar surface area (TPSA) is 83.1 Å². The fourth-order valence-electron chi connectivity index (χ4n) is 3.97. The first-order valence-electron chi connectivity index (χ1n) is 9.07. The zero-order chi connectivity index (χ0) is 19.4. The lowest BCUT2D eigenvalue weighted by Crippen LogP contribution is -2.39. The van der Waals surface area contributed by atoms with Crippen LogP contribution in [0, 0.1) is 0 Å². The van der Waals surface area contributed by atoms with Crippen molar-refractivity contribution < 1.29 is 9.53 Å². The third-order valence-electron chi connectivity index (χ3n) is 5.34. The van der Waals surface area contributed by atoms with E-state index < -0.39 is 0 Å². The Hall–Kier alpha value is -2.51. The minimum atomic E-state index is -0.218. The molecule has 2 N–H and O–H groups in total. The minimum Gasteiger partial charge on any atom is -0.474 e. The maximum atomic E-state index is 13.2. The third kappa shape index (κ3) is 2.61. The summed E-state index contributed by atoms with van der Waals surface area (Å²) in [4.78, 5) is 26.9. The smallest absolute Gasteiger partial charge is 0.292 e. The molecule has 1 atom stereocenters. The van der Waals surface area contributed by atoms with Crippen molar-refractivity contribution >= 4 is 45.7 Å². The van der Waals surface area contributed by atoms with Gasteiger partial charge >= 0.3 is 0 Å². The number of ether oxygens (including phenoxy) is 1. The molecule has 4 heterocycles. The first kappa shape index (κ1) is 17.6. The van der Waals surface area contributed by atoms with Crippen molar-refractivity contribution in [3.05, 3.63) is 45.5 Å². The van der Waals surface area contributed by atoms with Crippen LogP contribution in [0.15, 0.2) is 18.3 Å². The van der Waals surface area contributed by atoms with Gasteiger partial charge in [-0.25, -0.2) is 4.98 Å². The number of halogens is 2. The molecule has 1 amide bonds. The summed E-state index contributed by atoms with van der Waals surface area (Å²) in [7, 11) is 0. The maximum absolute atomic E-state index is 13.2. The normalized spacial score (nSPS) is 18.2. The molecule has 1 aromatic carbocycles. The van der Waals surface area contributed by atoms with E-state index in [1.807, 2.05) is 13.0 Å². The lowest BCUT2D eigenvalue weighted by molar-refractivity contribution is 0.0664. The summed E-state index contributed by atoms with van der Waals surface area (Å²) < 4.78 is 5.54. The quantitative estimate of drug-likeness (QED) is 0.628. The van der Waals surface area contributed by atoms with Crippen molar-refractivity contribution in [1.82, 2.24) is 19.9 Å². The van der Waals surface area contributed by atoms with Gasteiger partial charge in [-0.1, -0.05) is 29.3 Å². The summed E-state index contributed by atoms with van der Waals surface area (Å²) in [5.74, 6) is 0.340. The highest BCUT2D eigenvalue weighted by molar-refractivity contribution is 6.45. The van der Waals surface area contributed by atoms with Crippen molar-refractivity contribution in [2.24, 2.45) is 0 Å². The van der Waals surface area contributed by atoms with Crippen LogP contribution >= 0.6 is 23.2 Å². The molecular formula is C19H17Cl2N5O2. The van der Waals surface area contributed by atoms with Gasteiger partial charge in [-0.05, 0) is 13.0 Å². The number of carbonyl (C=O) groups is 1. The number of carbonyl (C=O) groups excluding carboxylic acids is 1. The molecule has 0 unspecified atom stereocenters. The maximum Gasteiger partial charge on any atom is 0.292 e. The molecular weight excluding hydrogens is 401 g/mol. The average Bonchev–Trinajstić information content (AvgIpc) is 3.10. The van der Waals surface area contributed by atoms with Gasteiger partial charge in [0.05, 0.1) is 27.8 Å². The number of hydrogen-bond donors (Lipinski definition) is 2. The Balaban J connectivity index is 1.52. The third-order valence-corrected chi connectivity index (χ3v) is 6.14. The van der Waals surface area contributed by atoms with Crippen LogP contribution in [0.4, 0.5) is 5.69 Å². The average molecular weight is 418 g/mol. The SMILES string of the molecule is C[C@@H]1c2c([nH]c3c(Cl)c(Cl)ccc23)CCN1C(=O)c1ncc2c(n1)OCCN2. The van der Waals surface area contributed by atoms with Crippen molar-refractivity contribution in [1.29, 1.82) is 0 Å². The monoisotopic (exact) mass is 417 g/mol. The number of fused-ring (bicyclic) bond motifs is 4. The van der Waals surface area contributed by atoms with Crippen molar-refractivity contribution in [2.75, 3.05) is 25.0 Å². The predicted octanol–water partition coefficient (Wildman–Crippen LogP) is 3.83. The van der Waals surface area contributed by atoms with Gasteiger partial charge in [0.15, 0.2) is 0 Å². The van der Waals surface area contributed by atoms with Crippen LogP contribution in [-0.4, -0.2) is 45.5 Å². The molecule has 0 fully saturated rings. The van der Waals surface area contributed by atoms with Crippen LogP contribution in [-0.2, 0) is 6.42 Å². The minimum absolute atomic E-state index is 0.138. The van der Waals surface area contributed by atoms with E-state index in [0.717, 1.165) is 22.2 Å². The Morgan fingerprint density at radius 3 is 3.07 bits per heavy atom. The molecule has 144 valence electrons. The number of nitrogens with one attached hydrogen (secondary N) is 2. The van der Waals surface area contributed by atoms with Crippen LogP contribution in [0.25, 0.3) is 10.9 Å². The molecule has 0 bridgehead atoms. The molecule has 3 aromatic rings.